The monoisotopic (exact) mass is 417 g/mol. The molecule has 0 aromatic heterocycles. The second kappa shape index (κ2) is 8.22. The summed E-state index contributed by atoms with van der Waals surface area (Å²) in [5.41, 5.74) is 6.64. The largest absolute Gasteiger partial charge is 1.00 e. The first-order valence-electron chi connectivity index (χ1n) is 6.91. The summed E-state index contributed by atoms with van der Waals surface area (Å²) in [6, 6.07) is 12.1. The second-order valence-corrected chi connectivity index (χ2v) is 7.29. The van der Waals surface area contributed by atoms with Gasteiger partial charge in [-0.05, 0) is 24.3 Å². The van der Waals surface area contributed by atoms with Gasteiger partial charge in [-0.2, -0.15) is 0 Å². The average molecular weight is 418 g/mol. The number of nitrogen functional groups attached to an aromatic ring is 1. The van der Waals surface area contributed by atoms with Crippen molar-refractivity contribution in [3.63, 3.8) is 0 Å². The molecule has 0 spiro atoms. The molecule has 0 aliphatic rings. The van der Waals surface area contributed by atoms with Crippen molar-refractivity contribution < 1.29 is 42.5 Å². The van der Waals surface area contributed by atoms with E-state index < -0.39 is 15.0 Å². The number of fused-ring (bicyclic) bond motifs is 1. The van der Waals surface area contributed by atoms with Crippen LogP contribution in [0.1, 0.15) is 0 Å². The predicted molar refractivity (Wildman–Crippen MR) is 97.0 cm³/mol. The predicted octanol–water partition coefficient (Wildman–Crippen LogP) is 2.05. The summed E-state index contributed by atoms with van der Waals surface area (Å²) in [6.07, 6.45) is 0. The Hall–Kier alpha value is -1.19. The quantitative estimate of drug-likeness (QED) is 0.304. The fourth-order valence-corrected chi connectivity index (χ4v) is 3.46. The topological polar surface area (TPSA) is 108 Å². The molecule has 3 rings (SSSR count). The minimum atomic E-state index is -4.72. The van der Waals surface area contributed by atoms with Gasteiger partial charge in [-0.1, -0.05) is 47.5 Å². The van der Waals surface area contributed by atoms with Gasteiger partial charge in [0.15, 0.2) is 0 Å². The van der Waals surface area contributed by atoms with E-state index in [0.29, 0.717) is 16.1 Å². The van der Waals surface area contributed by atoms with E-state index in [1.807, 2.05) is 0 Å². The average Bonchev–Trinajstić information content (AvgIpc) is 2.54. The van der Waals surface area contributed by atoms with Gasteiger partial charge in [0.05, 0.1) is 15.6 Å². The molecule has 0 radical (unpaired) electrons. The van der Waals surface area contributed by atoms with Crippen LogP contribution in [0.4, 0.5) is 17.1 Å². The molecule has 0 unspecified atom stereocenters. The summed E-state index contributed by atoms with van der Waals surface area (Å²) in [6.45, 7) is 0. The van der Waals surface area contributed by atoms with Crippen LogP contribution < -0.4 is 35.3 Å². The zero-order valence-corrected chi connectivity index (χ0v) is 17.8. The number of anilines is 1. The first-order chi connectivity index (χ1) is 11.8. The molecule has 0 fully saturated rings. The van der Waals surface area contributed by atoms with Gasteiger partial charge >= 0.3 is 29.6 Å². The Kier molecular flexibility index (Phi) is 6.68. The summed E-state index contributed by atoms with van der Waals surface area (Å²) >= 11 is 11.8. The van der Waals surface area contributed by atoms with E-state index in [-0.39, 0.29) is 51.3 Å². The SMILES string of the molecule is Nc1c(N=Nc2ccc(Cl)cc2Cl)cc(S(=O)(=O)[O-])c2ccccc12.[Na+]. The van der Waals surface area contributed by atoms with Gasteiger partial charge < -0.3 is 10.3 Å². The third-order valence-corrected chi connectivity index (χ3v) is 4.89. The molecule has 0 aliphatic heterocycles. The van der Waals surface area contributed by atoms with Crippen LogP contribution in [0.25, 0.3) is 10.8 Å². The summed E-state index contributed by atoms with van der Waals surface area (Å²) < 4.78 is 34.7. The molecule has 0 saturated heterocycles. The molecule has 0 aliphatic carbocycles. The molecule has 0 heterocycles. The second-order valence-electron chi connectivity index (χ2n) is 5.10. The molecule has 10 heteroatoms. The van der Waals surface area contributed by atoms with E-state index in [0.717, 1.165) is 6.07 Å². The van der Waals surface area contributed by atoms with E-state index in [1.54, 1.807) is 30.3 Å². The Labute approximate surface area is 182 Å². The zero-order chi connectivity index (χ0) is 18.2. The van der Waals surface area contributed by atoms with E-state index in [2.05, 4.69) is 10.2 Å². The van der Waals surface area contributed by atoms with Crippen LogP contribution in [-0.4, -0.2) is 13.0 Å². The van der Waals surface area contributed by atoms with Gasteiger partial charge in [0.2, 0.25) is 0 Å². The van der Waals surface area contributed by atoms with Crippen LogP contribution in [-0.2, 0) is 10.1 Å². The van der Waals surface area contributed by atoms with Gasteiger partial charge in [0.25, 0.3) is 0 Å². The molecule has 128 valence electrons. The molecule has 3 aromatic rings. The molecule has 2 N–H and O–H groups in total. The smallest absolute Gasteiger partial charge is 0.744 e. The molecular formula is C16H10Cl2N3NaO3S. The van der Waals surface area contributed by atoms with Crippen LogP contribution >= 0.6 is 23.2 Å². The Morgan fingerprint density at radius 1 is 0.923 bits per heavy atom. The number of hydrogen-bond acceptors (Lipinski definition) is 6. The third kappa shape index (κ3) is 4.37. The zero-order valence-electron chi connectivity index (χ0n) is 13.5. The van der Waals surface area contributed by atoms with Crippen molar-refractivity contribution in [1.29, 1.82) is 0 Å². The van der Waals surface area contributed by atoms with Crippen LogP contribution in [0.3, 0.4) is 0 Å². The van der Waals surface area contributed by atoms with Crippen molar-refractivity contribution in [2.45, 2.75) is 4.90 Å². The van der Waals surface area contributed by atoms with Gasteiger partial charge in [0, 0.05) is 15.8 Å². The fraction of sp³-hybridized carbons (Fsp3) is 0. The maximum atomic E-state index is 11.6. The van der Waals surface area contributed by atoms with Gasteiger partial charge in [-0.15, -0.1) is 10.2 Å². The van der Waals surface area contributed by atoms with Crippen molar-refractivity contribution in [3.05, 3.63) is 58.6 Å². The van der Waals surface area contributed by atoms with Gasteiger partial charge in [-0.3, -0.25) is 0 Å². The van der Waals surface area contributed by atoms with Crippen LogP contribution in [0.2, 0.25) is 10.0 Å². The number of benzene rings is 3. The third-order valence-electron chi connectivity index (χ3n) is 3.47. The Bertz CT molecular complexity index is 1120. The molecule has 0 amide bonds. The van der Waals surface area contributed by atoms with Crippen LogP contribution in [0.15, 0.2) is 63.7 Å². The van der Waals surface area contributed by atoms with E-state index in [1.165, 1.54) is 12.1 Å². The van der Waals surface area contributed by atoms with Crippen molar-refractivity contribution in [2.24, 2.45) is 10.2 Å². The van der Waals surface area contributed by atoms with Crippen molar-refractivity contribution >= 4 is 61.2 Å². The van der Waals surface area contributed by atoms with E-state index in [4.69, 9.17) is 28.9 Å². The first kappa shape index (κ1) is 21.1. The maximum absolute atomic E-state index is 11.6. The van der Waals surface area contributed by atoms with Gasteiger partial charge in [-0.25, -0.2) is 8.42 Å². The molecule has 3 aromatic carbocycles. The molecule has 0 saturated carbocycles. The van der Waals surface area contributed by atoms with Crippen LogP contribution in [0, 0.1) is 0 Å². The number of rotatable bonds is 3. The first-order valence-corrected chi connectivity index (χ1v) is 9.07. The number of azo groups is 1. The Morgan fingerprint density at radius 3 is 2.15 bits per heavy atom. The standard InChI is InChI=1S/C16H11Cl2N3O3S.Na/c17-9-5-6-13(12(18)7-9)20-21-14-8-15(25(22,23)24)10-3-1-2-4-11(10)16(14)19;/h1-8H,19H2,(H,22,23,24);/q;+1/p-1. The number of nitrogens with two attached hydrogens (primary N) is 1. The summed E-state index contributed by atoms with van der Waals surface area (Å²) in [5, 5.41) is 9.27. The van der Waals surface area contributed by atoms with Crippen molar-refractivity contribution in [2.75, 3.05) is 5.73 Å². The molecular weight excluding hydrogens is 408 g/mol. The molecule has 0 atom stereocenters. The molecule has 6 nitrogen and oxygen atoms in total. The van der Waals surface area contributed by atoms with Crippen molar-refractivity contribution in [1.82, 2.24) is 0 Å². The summed E-state index contributed by atoms with van der Waals surface area (Å²) in [7, 11) is -4.72. The number of nitrogens with zero attached hydrogens (tertiary/aromatic N) is 2. The summed E-state index contributed by atoms with van der Waals surface area (Å²) in [5.74, 6) is 0. The molecule has 26 heavy (non-hydrogen) atoms. The Balaban J connectivity index is 0.00000243. The minimum Gasteiger partial charge on any atom is -0.744 e. The van der Waals surface area contributed by atoms with E-state index in [9.17, 15) is 13.0 Å². The maximum Gasteiger partial charge on any atom is 1.00 e. The fourth-order valence-electron chi connectivity index (χ4n) is 2.31. The van der Waals surface area contributed by atoms with Crippen LogP contribution in [0.5, 0.6) is 0 Å². The Morgan fingerprint density at radius 2 is 1.54 bits per heavy atom. The normalized spacial score (nSPS) is 11.7. The van der Waals surface area contributed by atoms with Gasteiger partial charge in [0.1, 0.15) is 21.5 Å². The van der Waals surface area contributed by atoms with E-state index >= 15 is 0 Å². The molecule has 0 bridgehead atoms. The summed E-state index contributed by atoms with van der Waals surface area (Å²) in [4.78, 5) is -0.409. The van der Waals surface area contributed by atoms with Crippen molar-refractivity contribution in [3.8, 4) is 0 Å². The number of halogens is 2. The number of hydrogen-bond donors (Lipinski definition) is 1. The minimum absolute atomic E-state index is 0.